The first-order valence-electron chi connectivity index (χ1n) is 5.46. The zero-order valence-corrected chi connectivity index (χ0v) is 9.47. The zero-order chi connectivity index (χ0) is 12.1. The van der Waals surface area contributed by atoms with Crippen molar-refractivity contribution in [1.82, 2.24) is 0 Å². The lowest BCUT2D eigenvalue weighted by Crippen LogP contribution is -1.91. The summed E-state index contributed by atoms with van der Waals surface area (Å²) in [6.45, 7) is 3.68. The van der Waals surface area contributed by atoms with Gasteiger partial charge in [-0.3, -0.25) is 0 Å². The van der Waals surface area contributed by atoms with Gasteiger partial charge in [-0.15, -0.1) is 6.58 Å². The Labute approximate surface area is 101 Å². The Morgan fingerprint density at radius 1 is 1.06 bits per heavy atom. The summed E-state index contributed by atoms with van der Waals surface area (Å²) in [6.07, 6.45) is 2.32. The molecule has 0 aliphatic rings. The second kappa shape index (κ2) is 5.21. The molecule has 0 heterocycles. The molecule has 0 amide bonds. The first-order chi connectivity index (χ1) is 8.31. The summed E-state index contributed by atoms with van der Waals surface area (Å²) in [5.41, 5.74) is 0.756. The van der Waals surface area contributed by atoms with Crippen LogP contribution in [0.5, 0.6) is 17.2 Å². The minimum absolute atomic E-state index is 0.235. The Kier molecular flexibility index (Phi) is 3.46. The summed E-state index contributed by atoms with van der Waals surface area (Å²) < 4.78 is 5.74. The van der Waals surface area contributed by atoms with Gasteiger partial charge in [-0.25, -0.2) is 0 Å². The Bertz CT molecular complexity index is 504. The third kappa shape index (κ3) is 2.67. The molecule has 2 nitrogen and oxygen atoms in total. The van der Waals surface area contributed by atoms with E-state index in [0.29, 0.717) is 12.2 Å². The van der Waals surface area contributed by atoms with Crippen molar-refractivity contribution in [3.05, 3.63) is 66.7 Å². The zero-order valence-electron chi connectivity index (χ0n) is 9.47. The molecule has 1 N–H and O–H groups in total. The van der Waals surface area contributed by atoms with Crippen LogP contribution in [0.4, 0.5) is 0 Å². The minimum Gasteiger partial charge on any atom is -0.508 e. The van der Waals surface area contributed by atoms with E-state index in [-0.39, 0.29) is 5.75 Å². The van der Waals surface area contributed by atoms with Gasteiger partial charge in [0.1, 0.15) is 17.2 Å². The van der Waals surface area contributed by atoms with Gasteiger partial charge in [-0.05, 0) is 30.7 Å². The number of benzene rings is 2. The van der Waals surface area contributed by atoms with Gasteiger partial charge < -0.3 is 9.84 Å². The van der Waals surface area contributed by atoms with Crippen molar-refractivity contribution in [3.63, 3.8) is 0 Å². The Balaban J connectivity index is 2.32. The highest BCUT2D eigenvalue weighted by atomic mass is 16.5. The number of hydrogen-bond donors (Lipinski definition) is 1. The van der Waals surface area contributed by atoms with Crippen LogP contribution in [0.2, 0.25) is 0 Å². The molecule has 0 aliphatic heterocycles. The van der Waals surface area contributed by atoms with E-state index in [9.17, 15) is 5.11 Å². The summed E-state index contributed by atoms with van der Waals surface area (Å²) in [5.74, 6) is 1.65. The number of allylic oxidation sites excluding steroid dienone is 1. The predicted octanol–water partition coefficient (Wildman–Crippen LogP) is 3.91. The van der Waals surface area contributed by atoms with Crippen LogP contribution in [0, 0.1) is 0 Å². The first-order valence-corrected chi connectivity index (χ1v) is 5.46. The number of phenols is 1. The van der Waals surface area contributed by atoms with Crippen LogP contribution in [0.25, 0.3) is 0 Å². The standard InChI is InChI=1S/C15H14O2/c1-2-7-13-14(16)10-6-11-15(13)17-12-8-4-3-5-9-12/h2-6,8-11,16H,1,7H2. The van der Waals surface area contributed by atoms with Crippen LogP contribution in [0.15, 0.2) is 61.2 Å². The van der Waals surface area contributed by atoms with Crippen LogP contribution >= 0.6 is 0 Å². The molecule has 2 aromatic rings. The fraction of sp³-hybridized carbons (Fsp3) is 0.0667. The molecule has 17 heavy (non-hydrogen) atoms. The lowest BCUT2D eigenvalue weighted by atomic mass is 10.1. The summed E-state index contributed by atoms with van der Waals surface area (Å²) in [7, 11) is 0. The third-order valence-electron chi connectivity index (χ3n) is 2.43. The molecule has 2 aromatic carbocycles. The van der Waals surface area contributed by atoms with Gasteiger partial charge in [0.15, 0.2) is 0 Å². The molecule has 2 heteroatoms. The molecule has 0 atom stereocenters. The smallest absolute Gasteiger partial charge is 0.134 e. The number of phenolic OH excluding ortho intramolecular Hbond substituents is 1. The fourth-order valence-corrected chi connectivity index (χ4v) is 1.61. The van der Waals surface area contributed by atoms with E-state index in [1.165, 1.54) is 0 Å². The largest absolute Gasteiger partial charge is 0.508 e. The molecule has 0 unspecified atom stereocenters. The molecule has 0 fully saturated rings. The molecule has 0 aromatic heterocycles. The molecule has 0 bridgehead atoms. The third-order valence-corrected chi connectivity index (χ3v) is 2.43. The van der Waals surface area contributed by atoms with Crippen molar-refractivity contribution in [2.75, 3.05) is 0 Å². The fourth-order valence-electron chi connectivity index (χ4n) is 1.61. The average Bonchev–Trinajstić information content (AvgIpc) is 2.35. The minimum atomic E-state index is 0.235. The summed E-state index contributed by atoms with van der Waals surface area (Å²) >= 11 is 0. The first kappa shape index (κ1) is 11.3. The van der Waals surface area contributed by atoms with Crippen LogP contribution in [0.3, 0.4) is 0 Å². The van der Waals surface area contributed by atoms with Gasteiger partial charge in [0.05, 0.1) is 0 Å². The predicted molar refractivity (Wildman–Crippen MR) is 68.5 cm³/mol. The van der Waals surface area contributed by atoms with Crippen LogP contribution in [-0.2, 0) is 6.42 Å². The average molecular weight is 226 g/mol. The topological polar surface area (TPSA) is 29.5 Å². The van der Waals surface area contributed by atoms with E-state index < -0.39 is 0 Å². The van der Waals surface area contributed by atoms with Gasteiger partial charge in [-0.1, -0.05) is 30.3 Å². The lowest BCUT2D eigenvalue weighted by molar-refractivity contribution is 0.446. The Morgan fingerprint density at radius 2 is 1.82 bits per heavy atom. The summed E-state index contributed by atoms with van der Waals surface area (Å²) in [6, 6.07) is 14.8. The van der Waals surface area contributed by atoms with E-state index in [2.05, 4.69) is 6.58 Å². The normalized spacial score (nSPS) is 9.88. The Hall–Kier alpha value is -2.22. The maximum atomic E-state index is 9.77. The lowest BCUT2D eigenvalue weighted by Gasteiger charge is -2.11. The van der Waals surface area contributed by atoms with Crippen molar-refractivity contribution < 1.29 is 9.84 Å². The van der Waals surface area contributed by atoms with Crippen LogP contribution in [-0.4, -0.2) is 5.11 Å². The van der Waals surface area contributed by atoms with Gasteiger partial charge in [-0.2, -0.15) is 0 Å². The summed E-state index contributed by atoms with van der Waals surface area (Å²) in [5, 5.41) is 9.77. The number of rotatable bonds is 4. The molecular weight excluding hydrogens is 212 g/mol. The van der Waals surface area contributed by atoms with Crippen LogP contribution in [0.1, 0.15) is 5.56 Å². The molecule has 0 saturated carbocycles. The molecule has 0 saturated heterocycles. The van der Waals surface area contributed by atoms with Crippen molar-refractivity contribution in [1.29, 1.82) is 0 Å². The second-order valence-electron chi connectivity index (χ2n) is 3.66. The van der Waals surface area contributed by atoms with Crippen molar-refractivity contribution >= 4 is 0 Å². The molecule has 0 radical (unpaired) electrons. The van der Waals surface area contributed by atoms with Gasteiger partial charge >= 0.3 is 0 Å². The highest BCUT2D eigenvalue weighted by Crippen LogP contribution is 2.31. The second-order valence-corrected chi connectivity index (χ2v) is 3.66. The molecule has 86 valence electrons. The van der Waals surface area contributed by atoms with Crippen LogP contribution < -0.4 is 4.74 Å². The van der Waals surface area contributed by atoms with E-state index in [0.717, 1.165) is 11.3 Å². The molecule has 2 rings (SSSR count). The van der Waals surface area contributed by atoms with Crippen molar-refractivity contribution in [2.24, 2.45) is 0 Å². The summed E-state index contributed by atoms with van der Waals surface area (Å²) in [4.78, 5) is 0. The van der Waals surface area contributed by atoms with Gasteiger partial charge in [0, 0.05) is 5.56 Å². The quantitative estimate of drug-likeness (QED) is 0.801. The number of ether oxygens (including phenoxy) is 1. The highest BCUT2D eigenvalue weighted by molar-refractivity contribution is 5.46. The highest BCUT2D eigenvalue weighted by Gasteiger charge is 2.07. The van der Waals surface area contributed by atoms with E-state index in [4.69, 9.17) is 4.74 Å². The maximum absolute atomic E-state index is 9.77. The molecular formula is C15H14O2. The van der Waals surface area contributed by atoms with Gasteiger partial charge in [0.25, 0.3) is 0 Å². The Morgan fingerprint density at radius 3 is 2.53 bits per heavy atom. The van der Waals surface area contributed by atoms with Gasteiger partial charge in [0.2, 0.25) is 0 Å². The number of hydrogen-bond acceptors (Lipinski definition) is 2. The molecule has 0 spiro atoms. The van der Waals surface area contributed by atoms with Crippen molar-refractivity contribution in [3.8, 4) is 17.2 Å². The van der Waals surface area contributed by atoms with E-state index in [1.807, 2.05) is 36.4 Å². The number of aromatic hydroxyl groups is 1. The monoisotopic (exact) mass is 226 g/mol. The maximum Gasteiger partial charge on any atom is 0.134 e. The van der Waals surface area contributed by atoms with E-state index >= 15 is 0 Å². The SMILES string of the molecule is C=CCc1c(O)cccc1Oc1ccccc1. The van der Waals surface area contributed by atoms with E-state index in [1.54, 1.807) is 18.2 Å². The van der Waals surface area contributed by atoms with Crippen molar-refractivity contribution in [2.45, 2.75) is 6.42 Å². The molecule has 0 aliphatic carbocycles. The number of para-hydroxylation sites is 1.